The number of aromatic nitrogens is 1. The van der Waals surface area contributed by atoms with Crippen molar-refractivity contribution in [3.05, 3.63) is 29.2 Å². The van der Waals surface area contributed by atoms with Crippen LogP contribution in [0.5, 0.6) is 11.6 Å². The topological polar surface area (TPSA) is 73.1 Å². The fourth-order valence-electron chi connectivity index (χ4n) is 1.15. The molecular weight excluding hydrogens is 284 g/mol. The van der Waals surface area contributed by atoms with Crippen molar-refractivity contribution in [1.82, 2.24) is 4.98 Å². The van der Waals surface area contributed by atoms with E-state index in [1.54, 1.807) is 0 Å². The van der Waals surface area contributed by atoms with Crippen LogP contribution in [0, 0.1) is 0 Å². The molecule has 0 N–H and O–H groups in total. The molecule has 1 aromatic rings. The highest BCUT2D eigenvalue weighted by Crippen LogP contribution is 2.30. The van der Waals surface area contributed by atoms with E-state index in [1.807, 2.05) is 0 Å². The Bertz CT molecular complexity index is 563. The number of carbonyl (C=O) groups is 1. The van der Waals surface area contributed by atoms with E-state index in [1.165, 1.54) is 12.3 Å². The first kappa shape index (κ1) is 13.3. The van der Waals surface area contributed by atoms with Gasteiger partial charge in [-0.2, -0.15) is 0 Å². The van der Waals surface area contributed by atoms with Gasteiger partial charge in [0, 0.05) is 12.3 Å². The maximum Gasteiger partial charge on any atom is 0.293 e. The fraction of sp³-hybridized carbons (Fsp3) is 0.200. The van der Waals surface area contributed by atoms with Gasteiger partial charge < -0.3 is 9.47 Å². The molecule has 0 saturated carbocycles. The van der Waals surface area contributed by atoms with Crippen LogP contribution in [0.1, 0.15) is 0 Å². The maximum absolute atomic E-state index is 12.1. The smallest absolute Gasteiger partial charge is 0.293 e. The number of hydrogen-bond donors (Lipinski definition) is 0. The van der Waals surface area contributed by atoms with Crippen LogP contribution >= 0.6 is 11.6 Å². The normalized spacial score (nSPS) is 13.9. The first-order valence-corrected chi connectivity index (χ1v) is 5.34. The van der Waals surface area contributed by atoms with E-state index in [9.17, 15) is 13.6 Å². The number of ether oxygens (including phenoxy) is 2. The van der Waals surface area contributed by atoms with Gasteiger partial charge in [-0.15, -0.1) is 10.2 Å². The number of azo groups is 1. The number of pyridine rings is 1. The van der Waals surface area contributed by atoms with Gasteiger partial charge in [0.05, 0.1) is 11.1 Å². The summed E-state index contributed by atoms with van der Waals surface area (Å²) in [5.41, 5.74) is 0. The molecule has 19 heavy (non-hydrogen) atoms. The molecule has 0 atom stereocenters. The molecular formula is C10H6ClF2N3O3. The lowest BCUT2D eigenvalue weighted by atomic mass is 10.4. The quantitative estimate of drug-likeness (QED) is 0.835. The number of rotatable bonds is 5. The fourth-order valence-corrected chi connectivity index (χ4v) is 1.30. The lowest BCUT2D eigenvalue weighted by Crippen LogP contribution is -2.08. The standard InChI is InChI=1S/C10H6ClF2N3O3/c11-5-1-6(18-4-7(12)13)10(14-3-5)19-9-2-8(17)15-16-9/h1-3,7H,4H2. The zero-order valence-electron chi connectivity index (χ0n) is 9.22. The molecule has 9 heteroatoms. The second-order valence-corrected chi connectivity index (χ2v) is 3.72. The average molecular weight is 290 g/mol. The summed E-state index contributed by atoms with van der Waals surface area (Å²) in [5.74, 6) is -0.908. The van der Waals surface area contributed by atoms with Crippen LogP contribution < -0.4 is 9.47 Å². The van der Waals surface area contributed by atoms with Crippen molar-refractivity contribution in [3.63, 3.8) is 0 Å². The van der Waals surface area contributed by atoms with E-state index in [-0.39, 0.29) is 22.5 Å². The lowest BCUT2D eigenvalue weighted by molar-refractivity contribution is -0.113. The molecule has 1 aliphatic heterocycles. The number of amides is 1. The molecule has 0 spiro atoms. The second kappa shape index (κ2) is 5.70. The summed E-state index contributed by atoms with van der Waals surface area (Å²) in [6.45, 7) is -0.835. The molecule has 100 valence electrons. The van der Waals surface area contributed by atoms with Gasteiger partial charge in [0.25, 0.3) is 18.2 Å². The average Bonchev–Trinajstić information content (AvgIpc) is 2.75. The molecule has 0 unspecified atom stereocenters. The monoisotopic (exact) mass is 289 g/mol. The molecule has 2 rings (SSSR count). The van der Waals surface area contributed by atoms with E-state index in [0.29, 0.717) is 0 Å². The van der Waals surface area contributed by atoms with E-state index in [0.717, 1.165) is 6.08 Å². The van der Waals surface area contributed by atoms with Crippen molar-refractivity contribution >= 4 is 17.5 Å². The Kier molecular flexibility index (Phi) is 4.00. The van der Waals surface area contributed by atoms with Crippen molar-refractivity contribution in [2.24, 2.45) is 10.2 Å². The number of nitrogens with zero attached hydrogens (tertiary/aromatic N) is 3. The predicted octanol–water partition coefficient (Wildman–Crippen LogP) is 2.59. The van der Waals surface area contributed by atoms with Gasteiger partial charge in [0.15, 0.2) is 5.75 Å². The maximum atomic E-state index is 12.1. The molecule has 0 bridgehead atoms. The van der Waals surface area contributed by atoms with Crippen molar-refractivity contribution in [2.75, 3.05) is 6.61 Å². The summed E-state index contributed by atoms with van der Waals surface area (Å²) in [5, 5.41) is 6.79. The van der Waals surface area contributed by atoms with Crippen LogP contribution in [0.2, 0.25) is 5.02 Å². The zero-order valence-corrected chi connectivity index (χ0v) is 9.97. The minimum atomic E-state index is -2.65. The summed E-state index contributed by atoms with van der Waals surface area (Å²) in [7, 11) is 0. The Morgan fingerprint density at radius 2 is 2.16 bits per heavy atom. The summed E-state index contributed by atoms with van der Waals surface area (Å²) >= 11 is 5.68. The van der Waals surface area contributed by atoms with Crippen molar-refractivity contribution in [1.29, 1.82) is 0 Å². The zero-order chi connectivity index (χ0) is 13.8. The van der Waals surface area contributed by atoms with Crippen LogP contribution in [-0.2, 0) is 4.79 Å². The third kappa shape index (κ3) is 3.68. The van der Waals surface area contributed by atoms with Crippen molar-refractivity contribution < 1.29 is 23.0 Å². The Morgan fingerprint density at radius 1 is 1.37 bits per heavy atom. The van der Waals surface area contributed by atoms with Gasteiger partial charge in [-0.05, 0) is 0 Å². The Balaban J connectivity index is 2.17. The first-order valence-electron chi connectivity index (χ1n) is 4.96. The van der Waals surface area contributed by atoms with E-state index < -0.39 is 18.9 Å². The highest BCUT2D eigenvalue weighted by atomic mass is 35.5. The highest BCUT2D eigenvalue weighted by Gasteiger charge is 2.16. The largest absolute Gasteiger partial charge is 0.482 e. The number of carbonyl (C=O) groups excluding carboxylic acids is 1. The third-order valence-electron chi connectivity index (χ3n) is 1.85. The van der Waals surface area contributed by atoms with Crippen LogP contribution in [0.25, 0.3) is 0 Å². The summed E-state index contributed by atoms with van der Waals surface area (Å²) in [6, 6.07) is 1.26. The van der Waals surface area contributed by atoms with Gasteiger partial charge in [-0.25, -0.2) is 13.8 Å². The van der Waals surface area contributed by atoms with Gasteiger partial charge >= 0.3 is 0 Å². The van der Waals surface area contributed by atoms with Crippen molar-refractivity contribution in [3.8, 4) is 11.6 Å². The summed E-state index contributed by atoms with van der Waals surface area (Å²) < 4.78 is 34.1. The Morgan fingerprint density at radius 3 is 2.79 bits per heavy atom. The van der Waals surface area contributed by atoms with E-state index in [2.05, 4.69) is 15.2 Å². The summed E-state index contributed by atoms with van der Waals surface area (Å²) in [4.78, 5) is 14.6. The number of alkyl halides is 2. The lowest BCUT2D eigenvalue weighted by Gasteiger charge is -2.10. The predicted molar refractivity (Wildman–Crippen MR) is 59.3 cm³/mol. The summed E-state index contributed by atoms with van der Waals surface area (Å²) in [6.07, 6.45) is -0.396. The van der Waals surface area contributed by atoms with E-state index in [4.69, 9.17) is 21.1 Å². The molecule has 1 aromatic heterocycles. The molecule has 1 aliphatic rings. The third-order valence-corrected chi connectivity index (χ3v) is 2.05. The van der Waals surface area contributed by atoms with Crippen molar-refractivity contribution in [2.45, 2.75) is 6.43 Å². The number of halogens is 3. The van der Waals surface area contributed by atoms with Gasteiger partial charge in [-0.1, -0.05) is 11.6 Å². The second-order valence-electron chi connectivity index (χ2n) is 3.28. The SMILES string of the molecule is O=C1C=C(Oc2ncc(Cl)cc2OCC(F)F)N=N1. The minimum absolute atomic E-state index is 0.0803. The molecule has 2 heterocycles. The number of hydrogen-bond acceptors (Lipinski definition) is 5. The molecule has 6 nitrogen and oxygen atoms in total. The Hall–Kier alpha value is -2.09. The van der Waals surface area contributed by atoms with Gasteiger partial charge in [0.2, 0.25) is 5.88 Å². The van der Waals surface area contributed by atoms with Gasteiger partial charge in [-0.3, -0.25) is 4.79 Å². The van der Waals surface area contributed by atoms with Crippen LogP contribution in [0.3, 0.4) is 0 Å². The van der Waals surface area contributed by atoms with Crippen LogP contribution in [0.15, 0.2) is 34.5 Å². The Labute approximate surface area is 110 Å². The molecule has 0 aliphatic carbocycles. The van der Waals surface area contributed by atoms with Crippen LogP contribution in [-0.4, -0.2) is 23.9 Å². The van der Waals surface area contributed by atoms with Crippen LogP contribution in [0.4, 0.5) is 8.78 Å². The molecule has 0 fully saturated rings. The molecule has 0 saturated heterocycles. The first-order chi connectivity index (χ1) is 9.04. The molecule has 1 amide bonds. The molecule has 0 radical (unpaired) electrons. The van der Waals surface area contributed by atoms with E-state index >= 15 is 0 Å². The minimum Gasteiger partial charge on any atom is -0.482 e. The molecule has 0 aromatic carbocycles. The van der Waals surface area contributed by atoms with Gasteiger partial charge in [0.1, 0.15) is 6.61 Å². The highest BCUT2D eigenvalue weighted by molar-refractivity contribution is 6.30.